The molecule has 0 atom stereocenters. The highest BCUT2D eigenvalue weighted by molar-refractivity contribution is 7.92. The molecule has 0 aromatic heterocycles. The number of hydrogen-bond donors (Lipinski definition) is 1. The van der Waals surface area contributed by atoms with E-state index in [0.29, 0.717) is 24.2 Å². The maximum atomic E-state index is 13.0. The van der Waals surface area contributed by atoms with Crippen molar-refractivity contribution < 1.29 is 31.1 Å². The zero-order valence-electron chi connectivity index (χ0n) is 17.9. The molecule has 0 radical (unpaired) electrons. The predicted molar refractivity (Wildman–Crippen MR) is 120 cm³/mol. The second-order valence-electron chi connectivity index (χ2n) is 7.38. The minimum absolute atomic E-state index is 0.000306. The van der Waals surface area contributed by atoms with Gasteiger partial charge in [0, 0.05) is 13.1 Å². The molecule has 9 nitrogen and oxygen atoms in total. The number of carbonyl (C=O) groups is 1. The van der Waals surface area contributed by atoms with E-state index in [0.717, 1.165) is 19.3 Å². The first-order valence-corrected chi connectivity index (χ1v) is 13.1. The number of rotatable bonds is 8. The molecule has 1 fully saturated rings. The molecule has 1 aliphatic heterocycles. The molecular formula is C21H26N2O7S2. The highest BCUT2D eigenvalue weighted by Crippen LogP contribution is 2.31. The molecule has 32 heavy (non-hydrogen) atoms. The highest BCUT2D eigenvalue weighted by atomic mass is 32.2. The van der Waals surface area contributed by atoms with Crippen molar-refractivity contribution in [3.8, 4) is 5.75 Å². The first kappa shape index (κ1) is 24.0. The lowest BCUT2D eigenvalue weighted by atomic mass is 10.1. The van der Waals surface area contributed by atoms with Crippen molar-refractivity contribution in [1.82, 2.24) is 4.31 Å². The number of nitrogens with one attached hydrogen (secondary N) is 1. The number of methoxy groups -OCH3 is 2. The fourth-order valence-corrected chi connectivity index (χ4v) is 6.20. The first-order valence-electron chi connectivity index (χ1n) is 10.0. The third kappa shape index (κ3) is 5.59. The second kappa shape index (κ2) is 9.88. The molecule has 3 rings (SSSR count). The van der Waals surface area contributed by atoms with Crippen LogP contribution < -0.4 is 9.46 Å². The largest absolute Gasteiger partial charge is 0.495 e. The predicted octanol–water partition coefficient (Wildman–Crippen LogP) is 2.60. The topological polar surface area (TPSA) is 119 Å². The van der Waals surface area contributed by atoms with Gasteiger partial charge in [-0.15, -0.1) is 0 Å². The van der Waals surface area contributed by atoms with Gasteiger partial charge in [0.2, 0.25) is 20.0 Å². The first-order chi connectivity index (χ1) is 15.2. The molecule has 0 saturated carbocycles. The molecular weight excluding hydrogens is 456 g/mol. The van der Waals surface area contributed by atoms with Crippen molar-refractivity contribution in [2.24, 2.45) is 0 Å². The number of hydrogen-bond acceptors (Lipinski definition) is 7. The van der Waals surface area contributed by atoms with Crippen LogP contribution in [-0.2, 0) is 30.5 Å². The summed E-state index contributed by atoms with van der Waals surface area (Å²) in [5, 5.41) is 0. The number of anilines is 1. The van der Waals surface area contributed by atoms with Crippen LogP contribution in [0.2, 0.25) is 0 Å². The van der Waals surface area contributed by atoms with E-state index < -0.39 is 26.0 Å². The van der Waals surface area contributed by atoms with Gasteiger partial charge >= 0.3 is 5.97 Å². The quantitative estimate of drug-likeness (QED) is 0.575. The molecule has 0 aliphatic carbocycles. The van der Waals surface area contributed by atoms with Gasteiger partial charge in [-0.2, -0.15) is 4.31 Å². The van der Waals surface area contributed by atoms with Gasteiger partial charge in [-0.3, -0.25) is 4.72 Å². The van der Waals surface area contributed by atoms with Gasteiger partial charge in [0.25, 0.3) is 0 Å². The number of carbonyl (C=O) groups excluding carboxylic acids is 1. The van der Waals surface area contributed by atoms with Crippen molar-refractivity contribution in [3.05, 3.63) is 53.6 Å². The Hall–Kier alpha value is -2.63. The van der Waals surface area contributed by atoms with E-state index >= 15 is 0 Å². The molecule has 1 heterocycles. The Labute approximate surface area is 188 Å². The Bertz CT molecular complexity index is 1170. The average Bonchev–Trinajstić information content (AvgIpc) is 2.79. The van der Waals surface area contributed by atoms with Crippen LogP contribution in [-0.4, -0.2) is 54.4 Å². The lowest BCUT2D eigenvalue weighted by Crippen LogP contribution is -2.35. The van der Waals surface area contributed by atoms with Crippen molar-refractivity contribution in [2.75, 3.05) is 32.0 Å². The van der Waals surface area contributed by atoms with E-state index in [2.05, 4.69) is 9.46 Å². The Morgan fingerprint density at radius 1 is 0.969 bits per heavy atom. The minimum Gasteiger partial charge on any atom is -0.495 e. The van der Waals surface area contributed by atoms with Gasteiger partial charge in [-0.05, 0) is 48.7 Å². The standard InChI is InChI=1S/C21H26N2O7S2/c1-29-20-11-10-18(32(27,28)23-12-4-3-5-13-23)14-19(20)22-31(25,26)15-16-6-8-17(9-7-16)21(24)30-2/h6-11,14,22H,3-5,12-13,15H2,1-2H3. The van der Waals surface area contributed by atoms with Gasteiger partial charge in [-0.25, -0.2) is 21.6 Å². The van der Waals surface area contributed by atoms with E-state index in [1.54, 1.807) is 0 Å². The van der Waals surface area contributed by atoms with Crippen molar-refractivity contribution in [3.63, 3.8) is 0 Å². The zero-order chi connectivity index (χ0) is 23.4. The molecule has 2 aromatic rings. The number of ether oxygens (including phenoxy) is 2. The van der Waals surface area contributed by atoms with Crippen LogP contribution in [0, 0.1) is 0 Å². The third-order valence-electron chi connectivity index (χ3n) is 5.12. The molecule has 0 amide bonds. The number of esters is 1. The maximum Gasteiger partial charge on any atom is 0.337 e. The number of piperidine rings is 1. The van der Waals surface area contributed by atoms with Crippen molar-refractivity contribution in [1.29, 1.82) is 0 Å². The van der Waals surface area contributed by atoms with Crippen LogP contribution in [0.25, 0.3) is 0 Å². The average molecular weight is 483 g/mol. The molecule has 174 valence electrons. The number of benzene rings is 2. The van der Waals surface area contributed by atoms with E-state index in [1.165, 1.54) is 61.0 Å². The van der Waals surface area contributed by atoms with E-state index in [1.807, 2.05) is 0 Å². The van der Waals surface area contributed by atoms with Crippen LogP contribution in [0.1, 0.15) is 35.2 Å². The fourth-order valence-electron chi connectivity index (χ4n) is 3.46. The van der Waals surface area contributed by atoms with E-state index in [4.69, 9.17) is 4.74 Å². The maximum absolute atomic E-state index is 13.0. The summed E-state index contributed by atoms with van der Waals surface area (Å²) in [5.74, 6) is -0.693. The number of sulfonamides is 2. The van der Waals surface area contributed by atoms with Gasteiger partial charge in [0.1, 0.15) is 5.75 Å². The summed E-state index contributed by atoms with van der Waals surface area (Å²) in [4.78, 5) is 11.5. The van der Waals surface area contributed by atoms with Crippen molar-refractivity contribution in [2.45, 2.75) is 29.9 Å². The lowest BCUT2D eigenvalue weighted by Gasteiger charge is -2.26. The summed E-state index contributed by atoms with van der Waals surface area (Å²) >= 11 is 0. The molecule has 1 saturated heterocycles. The van der Waals surface area contributed by atoms with Gasteiger partial charge in [-0.1, -0.05) is 18.6 Å². The molecule has 1 N–H and O–H groups in total. The van der Waals surface area contributed by atoms with Crippen LogP contribution in [0.5, 0.6) is 5.75 Å². The van der Waals surface area contributed by atoms with Crippen LogP contribution in [0.3, 0.4) is 0 Å². The Kier molecular flexibility index (Phi) is 7.42. The normalized spacial score (nSPS) is 15.2. The zero-order valence-corrected chi connectivity index (χ0v) is 19.5. The van der Waals surface area contributed by atoms with Gasteiger partial charge in [0.15, 0.2) is 0 Å². The van der Waals surface area contributed by atoms with Gasteiger partial charge < -0.3 is 9.47 Å². The molecule has 0 bridgehead atoms. The molecule has 0 spiro atoms. The summed E-state index contributed by atoms with van der Waals surface area (Å²) in [6.07, 6.45) is 2.58. The van der Waals surface area contributed by atoms with E-state index in [-0.39, 0.29) is 22.1 Å². The summed E-state index contributed by atoms with van der Waals surface area (Å²) < 4.78 is 65.2. The summed E-state index contributed by atoms with van der Waals surface area (Å²) in [5.41, 5.74) is 0.789. The Morgan fingerprint density at radius 3 is 2.22 bits per heavy atom. The van der Waals surface area contributed by atoms with Crippen LogP contribution in [0.4, 0.5) is 5.69 Å². The summed E-state index contributed by atoms with van der Waals surface area (Å²) in [6, 6.07) is 10.1. The minimum atomic E-state index is -3.90. The summed E-state index contributed by atoms with van der Waals surface area (Å²) in [6.45, 7) is 0.883. The van der Waals surface area contributed by atoms with Crippen LogP contribution in [0.15, 0.2) is 47.4 Å². The van der Waals surface area contributed by atoms with Crippen molar-refractivity contribution >= 4 is 31.7 Å². The fraction of sp³-hybridized carbons (Fsp3) is 0.381. The molecule has 0 unspecified atom stereocenters. The highest BCUT2D eigenvalue weighted by Gasteiger charge is 2.27. The Balaban J connectivity index is 1.83. The SMILES string of the molecule is COC(=O)c1ccc(CS(=O)(=O)Nc2cc(S(=O)(=O)N3CCCCC3)ccc2OC)cc1. The molecule has 1 aliphatic rings. The molecule has 11 heteroatoms. The van der Waals surface area contributed by atoms with Crippen LogP contribution >= 0.6 is 0 Å². The third-order valence-corrected chi connectivity index (χ3v) is 8.26. The monoisotopic (exact) mass is 482 g/mol. The lowest BCUT2D eigenvalue weighted by molar-refractivity contribution is 0.0600. The van der Waals surface area contributed by atoms with Gasteiger partial charge in [0.05, 0.1) is 36.1 Å². The Morgan fingerprint density at radius 2 is 1.62 bits per heavy atom. The smallest absolute Gasteiger partial charge is 0.337 e. The number of nitrogens with zero attached hydrogens (tertiary/aromatic N) is 1. The van der Waals surface area contributed by atoms with E-state index in [9.17, 15) is 21.6 Å². The summed E-state index contributed by atoms with van der Waals surface area (Å²) in [7, 11) is -5.01. The molecule has 2 aromatic carbocycles. The second-order valence-corrected chi connectivity index (χ2v) is 11.0.